The fourth-order valence-corrected chi connectivity index (χ4v) is 4.88. The molecular formula is C27H45N5O9S. The predicted molar refractivity (Wildman–Crippen MR) is 155 cm³/mol. The lowest BCUT2D eigenvalue weighted by Crippen LogP contribution is -2.57. The van der Waals surface area contributed by atoms with Gasteiger partial charge in [-0.2, -0.15) is 12.6 Å². The van der Waals surface area contributed by atoms with Gasteiger partial charge in [0.25, 0.3) is 0 Å². The number of carboxylic acids is 2. The molecule has 14 nitrogen and oxygen atoms in total. The Bertz CT molecular complexity index is 1020. The number of nitrogens with two attached hydrogens (primary N) is 1. The van der Waals surface area contributed by atoms with E-state index in [1.165, 1.54) is 11.8 Å². The highest BCUT2D eigenvalue weighted by atomic mass is 32.1. The maximum atomic E-state index is 13.6. The summed E-state index contributed by atoms with van der Waals surface area (Å²) in [5.41, 5.74) is 5.54. The van der Waals surface area contributed by atoms with Crippen molar-refractivity contribution < 1.29 is 43.8 Å². The number of Topliss-reactive ketones (excluding diaryl/α,β-unsaturated/α-hetero) is 1. The molecule has 1 heterocycles. The summed E-state index contributed by atoms with van der Waals surface area (Å²) in [5, 5.41) is 26.0. The first-order valence-electron chi connectivity index (χ1n) is 14.1. The van der Waals surface area contributed by atoms with Gasteiger partial charge in [-0.05, 0) is 31.6 Å². The smallest absolute Gasteiger partial charge is 0.327 e. The lowest BCUT2D eigenvalue weighted by Gasteiger charge is -2.32. The van der Waals surface area contributed by atoms with Gasteiger partial charge in [0.05, 0.1) is 18.5 Å². The highest BCUT2D eigenvalue weighted by Crippen LogP contribution is 2.24. The van der Waals surface area contributed by atoms with Crippen LogP contribution in [0.1, 0.15) is 66.7 Å². The van der Waals surface area contributed by atoms with Crippen molar-refractivity contribution in [2.45, 2.75) is 96.9 Å². The number of carboxylic acid groups (broad SMARTS) is 2. The Hall–Kier alpha value is -3.20. The van der Waals surface area contributed by atoms with Crippen molar-refractivity contribution in [1.82, 2.24) is 20.9 Å². The van der Waals surface area contributed by atoms with Crippen molar-refractivity contribution in [3.05, 3.63) is 0 Å². The number of likely N-dealkylation sites (tertiary alicyclic amines) is 1. The Balaban J connectivity index is 3.16. The summed E-state index contributed by atoms with van der Waals surface area (Å²) in [6.45, 7) is 8.61. The lowest BCUT2D eigenvalue weighted by molar-refractivity contribution is -0.145. The van der Waals surface area contributed by atoms with Gasteiger partial charge in [0.2, 0.25) is 23.6 Å². The number of ketones is 1. The molecule has 238 valence electrons. The third-order valence-electron chi connectivity index (χ3n) is 7.45. The minimum absolute atomic E-state index is 0.135. The summed E-state index contributed by atoms with van der Waals surface area (Å²) in [4.78, 5) is 89.3. The molecule has 42 heavy (non-hydrogen) atoms. The van der Waals surface area contributed by atoms with Gasteiger partial charge in [-0.1, -0.05) is 34.1 Å². The minimum atomic E-state index is -1.39. The van der Waals surface area contributed by atoms with E-state index in [1.54, 1.807) is 20.8 Å². The van der Waals surface area contributed by atoms with Gasteiger partial charge in [-0.3, -0.25) is 28.8 Å². The van der Waals surface area contributed by atoms with Crippen LogP contribution in [0, 0.1) is 17.8 Å². The monoisotopic (exact) mass is 615 g/mol. The van der Waals surface area contributed by atoms with Gasteiger partial charge < -0.3 is 36.8 Å². The molecule has 0 bridgehead atoms. The van der Waals surface area contributed by atoms with E-state index in [1.807, 2.05) is 6.92 Å². The molecule has 0 spiro atoms. The highest BCUT2D eigenvalue weighted by Gasteiger charge is 2.41. The summed E-state index contributed by atoms with van der Waals surface area (Å²) in [6.07, 6.45) is 0.242. The fourth-order valence-electron chi connectivity index (χ4n) is 4.63. The van der Waals surface area contributed by atoms with Crippen LogP contribution in [0.4, 0.5) is 0 Å². The van der Waals surface area contributed by atoms with Gasteiger partial charge in [-0.25, -0.2) is 4.79 Å². The number of hydrogen-bond donors (Lipinski definition) is 7. The van der Waals surface area contributed by atoms with Crippen LogP contribution in [0.2, 0.25) is 0 Å². The minimum Gasteiger partial charge on any atom is -0.481 e. The summed E-state index contributed by atoms with van der Waals surface area (Å²) in [6, 6.07) is -5.57. The Morgan fingerprint density at radius 2 is 1.55 bits per heavy atom. The summed E-state index contributed by atoms with van der Waals surface area (Å²) in [5.74, 6) is -7.51. The Kier molecular flexibility index (Phi) is 14.9. The molecule has 1 fully saturated rings. The molecule has 0 saturated carbocycles. The fraction of sp³-hybridized carbons (Fsp3) is 0.741. The number of thiol groups is 1. The molecule has 7 N–H and O–H groups in total. The summed E-state index contributed by atoms with van der Waals surface area (Å²) < 4.78 is 0. The zero-order valence-corrected chi connectivity index (χ0v) is 25.7. The molecule has 0 aromatic rings. The molecule has 4 amide bonds. The van der Waals surface area contributed by atoms with E-state index in [2.05, 4.69) is 28.6 Å². The zero-order chi connectivity index (χ0) is 32.3. The van der Waals surface area contributed by atoms with Crippen molar-refractivity contribution in [1.29, 1.82) is 0 Å². The second-order valence-electron chi connectivity index (χ2n) is 11.1. The zero-order valence-electron chi connectivity index (χ0n) is 24.8. The van der Waals surface area contributed by atoms with E-state index in [4.69, 9.17) is 5.73 Å². The third kappa shape index (κ3) is 10.6. The quantitative estimate of drug-likeness (QED) is 0.104. The van der Waals surface area contributed by atoms with Crippen molar-refractivity contribution in [2.75, 3.05) is 12.3 Å². The maximum Gasteiger partial charge on any atom is 0.327 e. The van der Waals surface area contributed by atoms with Crippen LogP contribution in [0.15, 0.2) is 0 Å². The van der Waals surface area contributed by atoms with Crippen LogP contribution >= 0.6 is 12.6 Å². The van der Waals surface area contributed by atoms with E-state index in [0.29, 0.717) is 19.3 Å². The summed E-state index contributed by atoms with van der Waals surface area (Å²) >= 11 is 3.95. The SMILES string of the molecule is CC[C@H](C)[C@H](CC(=O)[C@H](CC(=O)O)NC(=O)[C@H](C)N)C(=O)N[C@H](C(=O)N1CCC[C@H]1C(=O)N[C@@H](CS)C(=O)O)C(C)C. The van der Waals surface area contributed by atoms with Crippen LogP contribution in [0.3, 0.4) is 0 Å². The number of carbonyl (C=O) groups excluding carboxylic acids is 5. The average molecular weight is 616 g/mol. The molecule has 0 unspecified atom stereocenters. The Morgan fingerprint density at radius 1 is 0.929 bits per heavy atom. The molecule has 7 atom stereocenters. The van der Waals surface area contributed by atoms with Crippen LogP contribution in [0.5, 0.6) is 0 Å². The topological polar surface area (TPSA) is 225 Å². The molecular weight excluding hydrogens is 570 g/mol. The van der Waals surface area contributed by atoms with Crippen LogP contribution < -0.4 is 21.7 Å². The first kappa shape index (κ1) is 36.8. The predicted octanol–water partition coefficient (Wildman–Crippen LogP) is -0.454. The largest absolute Gasteiger partial charge is 0.481 e. The maximum absolute atomic E-state index is 13.6. The number of amides is 4. The van der Waals surface area contributed by atoms with E-state index in [0.717, 1.165) is 0 Å². The van der Waals surface area contributed by atoms with Crippen LogP contribution in [-0.4, -0.2) is 99.0 Å². The molecule has 1 saturated heterocycles. The van der Waals surface area contributed by atoms with Gasteiger partial charge in [-0.15, -0.1) is 0 Å². The number of rotatable bonds is 17. The van der Waals surface area contributed by atoms with Crippen LogP contribution in [-0.2, 0) is 33.6 Å². The highest BCUT2D eigenvalue weighted by molar-refractivity contribution is 7.80. The number of aliphatic carboxylic acids is 2. The van der Waals surface area contributed by atoms with Crippen molar-refractivity contribution in [3.63, 3.8) is 0 Å². The summed E-state index contributed by atoms with van der Waals surface area (Å²) in [7, 11) is 0. The van der Waals surface area contributed by atoms with Crippen molar-refractivity contribution in [2.24, 2.45) is 23.5 Å². The molecule has 1 aliphatic heterocycles. The van der Waals surface area contributed by atoms with E-state index in [-0.39, 0.29) is 24.6 Å². The second kappa shape index (κ2) is 17.0. The molecule has 1 rings (SSSR count). The third-order valence-corrected chi connectivity index (χ3v) is 7.82. The van der Waals surface area contributed by atoms with E-state index < -0.39 is 89.8 Å². The normalized spacial score (nSPS) is 19.1. The first-order valence-corrected chi connectivity index (χ1v) is 14.7. The van der Waals surface area contributed by atoms with E-state index in [9.17, 15) is 43.8 Å². The number of nitrogens with one attached hydrogen (secondary N) is 3. The van der Waals surface area contributed by atoms with Gasteiger partial charge >= 0.3 is 11.9 Å². The molecule has 0 aromatic heterocycles. The molecule has 0 aromatic carbocycles. The second-order valence-corrected chi connectivity index (χ2v) is 11.5. The van der Waals surface area contributed by atoms with Gasteiger partial charge in [0, 0.05) is 24.6 Å². The van der Waals surface area contributed by atoms with Crippen molar-refractivity contribution >= 4 is 54.0 Å². The number of carbonyl (C=O) groups is 7. The standard InChI is InChI=1S/C27H45N5O9S/c1-6-14(4)16(10-20(33)17(11-21(34)35)29-23(36)15(5)28)24(37)31-22(13(2)3)26(39)32-9-7-8-19(32)25(38)30-18(12-42)27(40)41/h13-19,22,42H,6-12,28H2,1-5H3,(H,29,36)(H,30,38)(H,31,37)(H,34,35)(H,40,41)/t14-,15-,16-,17-,18-,19-,22-/m0/s1. The van der Waals surface area contributed by atoms with Crippen LogP contribution in [0.25, 0.3) is 0 Å². The Morgan fingerprint density at radius 3 is 2.02 bits per heavy atom. The van der Waals surface area contributed by atoms with Crippen molar-refractivity contribution in [3.8, 4) is 0 Å². The molecule has 0 aliphatic carbocycles. The van der Waals surface area contributed by atoms with Gasteiger partial charge in [0.1, 0.15) is 18.1 Å². The lowest BCUT2D eigenvalue weighted by atomic mass is 9.84. The average Bonchev–Trinajstić information content (AvgIpc) is 3.41. The molecule has 15 heteroatoms. The number of hydrogen-bond acceptors (Lipinski definition) is 9. The Labute approximate surface area is 251 Å². The van der Waals surface area contributed by atoms with E-state index >= 15 is 0 Å². The molecule has 1 aliphatic rings. The molecule has 0 radical (unpaired) electrons. The van der Waals surface area contributed by atoms with Gasteiger partial charge in [0.15, 0.2) is 5.78 Å². The number of nitrogens with zero attached hydrogens (tertiary/aromatic N) is 1. The first-order chi connectivity index (χ1) is 19.5.